The molecule has 0 fully saturated rings. The Morgan fingerprint density at radius 3 is 2.47 bits per heavy atom. The molecule has 9 nitrogen and oxygen atoms in total. The molecule has 4 aromatic heterocycles. The summed E-state index contributed by atoms with van der Waals surface area (Å²) in [5.74, 6) is 1.03. The molecular weight excluding hydrogens is 497 g/mol. The van der Waals surface area contributed by atoms with Gasteiger partial charge in [-0.05, 0) is 57.2 Å². The molecule has 12 heteroatoms. The molecule has 5 aromatic rings. The molecule has 5 rings (SSSR count). The van der Waals surface area contributed by atoms with Gasteiger partial charge in [-0.2, -0.15) is 13.2 Å². The van der Waals surface area contributed by atoms with Gasteiger partial charge in [0.1, 0.15) is 23.0 Å². The van der Waals surface area contributed by atoms with Gasteiger partial charge in [-0.25, -0.2) is 19.9 Å². The lowest BCUT2D eigenvalue weighted by Crippen LogP contribution is -2.34. The minimum absolute atomic E-state index is 0.0625. The zero-order valence-corrected chi connectivity index (χ0v) is 20.7. The van der Waals surface area contributed by atoms with Crippen molar-refractivity contribution >= 4 is 28.3 Å². The van der Waals surface area contributed by atoms with E-state index in [9.17, 15) is 18.0 Å². The minimum Gasteiger partial charge on any atom is -0.382 e. The summed E-state index contributed by atoms with van der Waals surface area (Å²) < 4.78 is 41.0. The number of pyridine rings is 1. The van der Waals surface area contributed by atoms with Gasteiger partial charge in [0.25, 0.3) is 5.91 Å². The number of alkyl halides is 3. The van der Waals surface area contributed by atoms with E-state index in [-0.39, 0.29) is 18.1 Å². The highest BCUT2D eigenvalue weighted by Gasteiger charge is 2.31. The Morgan fingerprint density at radius 2 is 1.82 bits per heavy atom. The molecule has 194 valence electrons. The van der Waals surface area contributed by atoms with Crippen LogP contribution < -0.4 is 5.73 Å². The van der Waals surface area contributed by atoms with Gasteiger partial charge in [-0.1, -0.05) is 0 Å². The van der Waals surface area contributed by atoms with Crippen molar-refractivity contribution in [3.63, 3.8) is 0 Å². The van der Waals surface area contributed by atoms with E-state index in [4.69, 9.17) is 5.73 Å². The van der Waals surface area contributed by atoms with Crippen molar-refractivity contribution in [2.24, 2.45) is 0 Å². The quantitative estimate of drug-likeness (QED) is 0.358. The number of hydrogen-bond acceptors (Lipinski definition) is 7. The van der Waals surface area contributed by atoms with Gasteiger partial charge in [0.15, 0.2) is 0 Å². The Morgan fingerprint density at radius 1 is 1.08 bits per heavy atom. The lowest BCUT2D eigenvalue weighted by molar-refractivity contribution is -0.137. The average Bonchev–Trinajstić information content (AvgIpc) is 3.21. The van der Waals surface area contributed by atoms with E-state index in [1.165, 1.54) is 11.0 Å². The van der Waals surface area contributed by atoms with E-state index in [2.05, 4.69) is 24.9 Å². The summed E-state index contributed by atoms with van der Waals surface area (Å²) in [6.07, 6.45) is -0.631. The Kier molecular flexibility index (Phi) is 6.17. The third kappa shape index (κ3) is 4.49. The van der Waals surface area contributed by atoms with E-state index < -0.39 is 17.8 Å². The molecule has 0 aliphatic carbocycles. The number of amides is 1. The summed E-state index contributed by atoms with van der Waals surface area (Å²) in [5.41, 5.74) is 8.54. The predicted molar refractivity (Wildman–Crippen MR) is 134 cm³/mol. The number of hydrogen-bond donors (Lipinski definition) is 1. The Labute approximate surface area is 215 Å². The van der Waals surface area contributed by atoms with Gasteiger partial charge < -0.3 is 10.6 Å². The molecule has 0 aliphatic heterocycles. The number of aromatic nitrogens is 6. The van der Waals surface area contributed by atoms with E-state index in [0.717, 1.165) is 18.0 Å². The summed E-state index contributed by atoms with van der Waals surface area (Å²) in [7, 11) is 0. The van der Waals surface area contributed by atoms with Crippen LogP contribution in [0.1, 0.15) is 51.9 Å². The second-order valence-corrected chi connectivity index (χ2v) is 8.88. The Bertz CT molecular complexity index is 1650. The van der Waals surface area contributed by atoms with E-state index in [1.54, 1.807) is 43.6 Å². The first-order chi connectivity index (χ1) is 18.0. The molecule has 1 amide bonds. The smallest absolute Gasteiger partial charge is 0.382 e. The fourth-order valence-electron chi connectivity index (χ4n) is 4.45. The average molecular weight is 521 g/mol. The van der Waals surface area contributed by atoms with Gasteiger partial charge in [0, 0.05) is 24.2 Å². The third-order valence-corrected chi connectivity index (χ3v) is 6.34. The van der Waals surface area contributed by atoms with Gasteiger partial charge in [-0.3, -0.25) is 14.2 Å². The molecule has 4 heterocycles. The van der Waals surface area contributed by atoms with Crippen LogP contribution in [-0.4, -0.2) is 40.1 Å². The normalized spacial score (nSPS) is 12.7. The monoisotopic (exact) mass is 520 g/mol. The second kappa shape index (κ2) is 9.36. The van der Waals surface area contributed by atoms with Crippen molar-refractivity contribution in [2.45, 2.75) is 39.5 Å². The third-order valence-electron chi connectivity index (χ3n) is 6.34. The van der Waals surface area contributed by atoms with Crippen LogP contribution in [0.5, 0.6) is 0 Å². The number of fused-ring (bicyclic) bond motifs is 3. The van der Waals surface area contributed by atoms with Crippen molar-refractivity contribution in [3.05, 3.63) is 89.2 Å². The first-order valence-electron chi connectivity index (χ1n) is 11.7. The topological polar surface area (TPSA) is 115 Å². The fraction of sp³-hybridized carbons (Fsp3) is 0.231. The number of carbonyl (C=O) groups excluding carboxylic acids is 1. The van der Waals surface area contributed by atoms with Crippen LogP contribution in [0.3, 0.4) is 0 Å². The zero-order valence-electron chi connectivity index (χ0n) is 20.7. The zero-order chi connectivity index (χ0) is 27.2. The molecule has 1 unspecified atom stereocenters. The first kappa shape index (κ1) is 25.1. The van der Waals surface area contributed by atoms with Crippen LogP contribution >= 0.6 is 0 Å². The van der Waals surface area contributed by atoms with Gasteiger partial charge in [-0.15, -0.1) is 0 Å². The standard InChI is InChI=1S/C26H23F3N8O/c1-14-22-23(30)35-20-8-5-17(11-21(20)37(22)16(3)34-14)25(38)36(15(2)24-31-9-4-10-32-24)13-19-7-6-18(12-33-19)26(27,28)29/h4-12,15H,13H2,1-3H3,(H2,30,35). The van der Waals surface area contributed by atoms with Crippen molar-refractivity contribution in [1.29, 1.82) is 0 Å². The minimum atomic E-state index is -4.51. The van der Waals surface area contributed by atoms with E-state index in [0.29, 0.717) is 39.6 Å². The molecule has 2 N–H and O–H groups in total. The number of nitrogens with zero attached hydrogens (tertiary/aromatic N) is 7. The maximum absolute atomic E-state index is 13.9. The highest BCUT2D eigenvalue weighted by molar-refractivity contribution is 5.98. The maximum atomic E-state index is 13.9. The second-order valence-electron chi connectivity index (χ2n) is 8.88. The molecule has 0 radical (unpaired) electrons. The van der Waals surface area contributed by atoms with Gasteiger partial charge >= 0.3 is 6.18 Å². The number of imidazole rings is 1. The molecule has 0 aliphatic rings. The van der Waals surface area contributed by atoms with Crippen LogP contribution in [0.15, 0.2) is 55.0 Å². The Balaban J connectivity index is 1.58. The molecular formula is C26H23F3N8O. The molecule has 0 saturated carbocycles. The number of benzene rings is 1. The van der Waals surface area contributed by atoms with E-state index >= 15 is 0 Å². The highest BCUT2D eigenvalue weighted by atomic mass is 19.4. The molecule has 38 heavy (non-hydrogen) atoms. The lowest BCUT2D eigenvalue weighted by Gasteiger charge is -2.28. The number of nitrogens with two attached hydrogens (primary N) is 1. The number of rotatable bonds is 5. The number of nitrogen functional groups attached to an aromatic ring is 1. The lowest BCUT2D eigenvalue weighted by atomic mass is 10.1. The number of halogens is 3. The molecule has 1 aromatic carbocycles. The highest BCUT2D eigenvalue weighted by Crippen LogP contribution is 2.30. The summed E-state index contributed by atoms with van der Waals surface area (Å²) in [6.45, 7) is 5.36. The van der Waals surface area contributed by atoms with E-state index in [1.807, 2.05) is 18.2 Å². The first-order valence-corrected chi connectivity index (χ1v) is 11.7. The van der Waals surface area contributed by atoms with Crippen molar-refractivity contribution in [3.8, 4) is 0 Å². The summed E-state index contributed by atoms with van der Waals surface area (Å²) in [4.78, 5) is 36.9. The predicted octanol–water partition coefficient (Wildman–Crippen LogP) is 4.69. The van der Waals surface area contributed by atoms with Gasteiger partial charge in [0.2, 0.25) is 0 Å². The molecule has 0 saturated heterocycles. The van der Waals surface area contributed by atoms with Crippen LogP contribution in [0.4, 0.5) is 19.0 Å². The number of carbonyl (C=O) groups is 1. The Hall–Kier alpha value is -4.61. The molecule has 0 bridgehead atoms. The number of anilines is 1. The number of aryl methyl sites for hydroxylation is 2. The van der Waals surface area contributed by atoms with Gasteiger partial charge in [0.05, 0.1) is 40.6 Å². The van der Waals surface area contributed by atoms with Crippen molar-refractivity contribution in [1.82, 2.24) is 34.2 Å². The SMILES string of the molecule is Cc1nc(C)n2c1c(N)nc1ccc(C(=O)N(Cc3ccc(C(F)(F)F)cn3)C(C)c3ncccn3)cc12. The van der Waals surface area contributed by atoms with Crippen LogP contribution in [0, 0.1) is 13.8 Å². The van der Waals surface area contributed by atoms with Crippen molar-refractivity contribution < 1.29 is 18.0 Å². The van der Waals surface area contributed by atoms with Crippen LogP contribution in [0.2, 0.25) is 0 Å². The largest absolute Gasteiger partial charge is 0.417 e. The molecule has 0 spiro atoms. The fourth-order valence-corrected chi connectivity index (χ4v) is 4.45. The molecule has 1 atom stereocenters. The summed E-state index contributed by atoms with van der Waals surface area (Å²) >= 11 is 0. The van der Waals surface area contributed by atoms with Crippen LogP contribution in [0.25, 0.3) is 16.6 Å². The van der Waals surface area contributed by atoms with Crippen molar-refractivity contribution in [2.75, 3.05) is 5.73 Å². The summed E-state index contributed by atoms with van der Waals surface area (Å²) in [5, 5.41) is 0. The van der Waals surface area contributed by atoms with Crippen LogP contribution in [-0.2, 0) is 12.7 Å². The maximum Gasteiger partial charge on any atom is 0.417 e. The summed E-state index contributed by atoms with van der Waals surface area (Å²) in [6, 6.07) is 8.29.